The molecule has 25 heavy (non-hydrogen) atoms. The third kappa shape index (κ3) is 3.07. The van der Waals surface area contributed by atoms with E-state index in [9.17, 15) is 4.79 Å². The zero-order chi connectivity index (χ0) is 17.6. The van der Waals surface area contributed by atoms with Gasteiger partial charge in [0.05, 0.1) is 11.7 Å². The molecule has 1 aliphatic carbocycles. The Morgan fingerprint density at radius 3 is 2.72 bits per heavy atom. The quantitative estimate of drug-likeness (QED) is 0.828. The molecule has 4 rings (SSSR count). The molecule has 2 fully saturated rings. The molecule has 1 amide bonds. The third-order valence-electron chi connectivity index (χ3n) is 5.33. The van der Waals surface area contributed by atoms with Crippen molar-refractivity contribution in [1.29, 1.82) is 0 Å². The van der Waals surface area contributed by atoms with Gasteiger partial charge in [-0.05, 0) is 46.0 Å². The van der Waals surface area contributed by atoms with Crippen LogP contribution in [0.5, 0.6) is 0 Å². The standard InChI is InChI=1S/C18H24N4O3/c1-10(9-14-11(2)20-24-12(14)3)18(23)22-8-4-5-15(22)16-19-17(25-21-16)13-6-7-13/h10,13,15H,4-9H2,1-3H3/t10-,15-/m0/s1. The first-order chi connectivity index (χ1) is 12.0. The van der Waals surface area contributed by atoms with Gasteiger partial charge in [-0.25, -0.2) is 0 Å². The SMILES string of the molecule is Cc1noc(C)c1C[C@H](C)C(=O)N1CCC[C@H]1c1noc(C2CC2)n1. The molecule has 0 radical (unpaired) electrons. The monoisotopic (exact) mass is 344 g/mol. The van der Waals surface area contributed by atoms with Crippen molar-refractivity contribution in [2.24, 2.45) is 5.92 Å². The molecule has 134 valence electrons. The first kappa shape index (κ1) is 16.3. The first-order valence-corrected chi connectivity index (χ1v) is 9.10. The fourth-order valence-electron chi connectivity index (χ4n) is 3.65. The molecular weight excluding hydrogens is 320 g/mol. The molecule has 0 N–H and O–H groups in total. The van der Waals surface area contributed by atoms with Gasteiger partial charge in [0.25, 0.3) is 0 Å². The van der Waals surface area contributed by atoms with E-state index in [0.29, 0.717) is 18.2 Å². The minimum absolute atomic E-state index is 0.0594. The zero-order valence-electron chi connectivity index (χ0n) is 15.0. The highest BCUT2D eigenvalue weighted by atomic mass is 16.5. The summed E-state index contributed by atoms with van der Waals surface area (Å²) in [5.74, 6) is 2.63. The number of aryl methyl sites for hydroxylation is 2. The van der Waals surface area contributed by atoms with Crippen LogP contribution in [0.3, 0.4) is 0 Å². The van der Waals surface area contributed by atoms with Crippen LogP contribution in [0, 0.1) is 19.8 Å². The van der Waals surface area contributed by atoms with Crippen LogP contribution in [0.15, 0.2) is 9.05 Å². The summed E-state index contributed by atoms with van der Waals surface area (Å²) in [6, 6.07) is -0.0594. The van der Waals surface area contributed by atoms with Gasteiger partial charge in [0.2, 0.25) is 11.8 Å². The molecule has 1 saturated carbocycles. The van der Waals surface area contributed by atoms with Gasteiger partial charge in [0, 0.05) is 23.9 Å². The number of aromatic nitrogens is 3. The average Bonchev–Trinajstić information content (AvgIpc) is 3.02. The van der Waals surface area contributed by atoms with Gasteiger partial charge in [-0.15, -0.1) is 0 Å². The second-order valence-electron chi connectivity index (χ2n) is 7.36. The maximum absolute atomic E-state index is 13.0. The predicted molar refractivity (Wildman–Crippen MR) is 88.8 cm³/mol. The predicted octanol–water partition coefficient (Wildman–Crippen LogP) is 3.09. The molecule has 2 atom stereocenters. The fraction of sp³-hybridized carbons (Fsp3) is 0.667. The molecule has 2 aromatic heterocycles. The van der Waals surface area contributed by atoms with E-state index in [-0.39, 0.29) is 17.9 Å². The van der Waals surface area contributed by atoms with Crippen molar-refractivity contribution in [2.45, 2.75) is 64.8 Å². The van der Waals surface area contributed by atoms with Crippen LogP contribution in [0.4, 0.5) is 0 Å². The Bertz CT molecular complexity index is 758. The van der Waals surface area contributed by atoms with Crippen molar-refractivity contribution in [3.8, 4) is 0 Å². The Kier molecular flexibility index (Phi) is 4.09. The third-order valence-corrected chi connectivity index (χ3v) is 5.33. The topological polar surface area (TPSA) is 85.3 Å². The van der Waals surface area contributed by atoms with Crippen LogP contribution in [0.2, 0.25) is 0 Å². The number of carbonyl (C=O) groups is 1. The van der Waals surface area contributed by atoms with Crippen molar-refractivity contribution in [3.05, 3.63) is 28.7 Å². The molecule has 1 saturated heterocycles. The van der Waals surface area contributed by atoms with Gasteiger partial charge in [-0.3, -0.25) is 4.79 Å². The Morgan fingerprint density at radius 1 is 1.24 bits per heavy atom. The highest BCUT2D eigenvalue weighted by molar-refractivity contribution is 5.79. The van der Waals surface area contributed by atoms with E-state index in [1.807, 2.05) is 25.7 Å². The van der Waals surface area contributed by atoms with E-state index in [0.717, 1.165) is 55.1 Å². The van der Waals surface area contributed by atoms with Crippen molar-refractivity contribution in [3.63, 3.8) is 0 Å². The van der Waals surface area contributed by atoms with Crippen LogP contribution in [0.25, 0.3) is 0 Å². The van der Waals surface area contributed by atoms with Crippen LogP contribution in [-0.4, -0.2) is 32.6 Å². The van der Waals surface area contributed by atoms with Crippen LogP contribution in [-0.2, 0) is 11.2 Å². The fourth-order valence-corrected chi connectivity index (χ4v) is 3.65. The Balaban J connectivity index is 1.47. The summed E-state index contributed by atoms with van der Waals surface area (Å²) >= 11 is 0. The normalized spacial score (nSPS) is 21.7. The Hall–Kier alpha value is -2.18. The maximum atomic E-state index is 13.0. The van der Waals surface area contributed by atoms with E-state index in [2.05, 4.69) is 15.3 Å². The number of nitrogens with zero attached hydrogens (tertiary/aromatic N) is 4. The van der Waals surface area contributed by atoms with Crippen molar-refractivity contribution in [2.75, 3.05) is 6.54 Å². The minimum atomic E-state index is -0.132. The summed E-state index contributed by atoms with van der Waals surface area (Å²) in [5, 5.41) is 8.13. The minimum Gasteiger partial charge on any atom is -0.361 e. The van der Waals surface area contributed by atoms with Gasteiger partial charge in [0.1, 0.15) is 5.76 Å². The van der Waals surface area contributed by atoms with Crippen LogP contribution >= 0.6 is 0 Å². The van der Waals surface area contributed by atoms with E-state index < -0.39 is 0 Å². The van der Waals surface area contributed by atoms with Gasteiger partial charge in [-0.1, -0.05) is 17.2 Å². The molecule has 0 bridgehead atoms. The lowest BCUT2D eigenvalue weighted by atomic mass is 9.98. The Labute approximate surface area is 146 Å². The molecule has 0 spiro atoms. The van der Waals surface area contributed by atoms with E-state index in [4.69, 9.17) is 9.05 Å². The molecule has 2 aliphatic rings. The lowest BCUT2D eigenvalue weighted by molar-refractivity contribution is -0.136. The Morgan fingerprint density at radius 2 is 2.04 bits per heavy atom. The largest absolute Gasteiger partial charge is 0.361 e. The molecular formula is C18H24N4O3. The summed E-state index contributed by atoms with van der Waals surface area (Å²) in [6.45, 7) is 6.53. The van der Waals surface area contributed by atoms with Gasteiger partial charge >= 0.3 is 0 Å². The maximum Gasteiger partial charge on any atom is 0.229 e. The summed E-state index contributed by atoms with van der Waals surface area (Å²) in [4.78, 5) is 19.5. The van der Waals surface area contributed by atoms with Crippen molar-refractivity contribution in [1.82, 2.24) is 20.2 Å². The number of carbonyl (C=O) groups excluding carboxylic acids is 1. The summed E-state index contributed by atoms with van der Waals surface area (Å²) < 4.78 is 10.6. The summed E-state index contributed by atoms with van der Waals surface area (Å²) in [6.07, 6.45) is 4.77. The molecule has 3 heterocycles. The second kappa shape index (κ2) is 6.28. The molecule has 1 aliphatic heterocycles. The molecule has 0 unspecified atom stereocenters. The van der Waals surface area contributed by atoms with Crippen molar-refractivity contribution >= 4 is 5.91 Å². The lowest BCUT2D eigenvalue weighted by Gasteiger charge is -2.25. The highest BCUT2D eigenvalue weighted by Crippen LogP contribution is 2.40. The summed E-state index contributed by atoms with van der Waals surface area (Å²) in [5.41, 5.74) is 1.90. The second-order valence-corrected chi connectivity index (χ2v) is 7.36. The number of hydrogen-bond donors (Lipinski definition) is 0. The molecule has 7 heteroatoms. The average molecular weight is 344 g/mol. The molecule has 7 nitrogen and oxygen atoms in total. The van der Waals surface area contributed by atoms with E-state index >= 15 is 0 Å². The zero-order valence-corrected chi connectivity index (χ0v) is 15.0. The molecule has 2 aromatic rings. The van der Waals surface area contributed by atoms with Gasteiger partial charge in [0.15, 0.2) is 5.82 Å². The van der Waals surface area contributed by atoms with Crippen LogP contribution in [0.1, 0.15) is 73.3 Å². The number of likely N-dealkylation sites (tertiary alicyclic amines) is 1. The summed E-state index contributed by atoms with van der Waals surface area (Å²) in [7, 11) is 0. The van der Waals surface area contributed by atoms with E-state index in [1.165, 1.54) is 0 Å². The smallest absolute Gasteiger partial charge is 0.229 e. The van der Waals surface area contributed by atoms with Crippen LogP contribution < -0.4 is 0 Å². The van der Waals surface area contributed by atoms with Crippen molar-refractivity contribution < 1.29 is 13.8 Å². The van der Waals surface area contributed by atoms with E-state index in [1.54, 1.807) is 0 Å². The highest BCUT2D eigenvalue weighted by Gasteiger charge is 2.37. The number of hydrogen-bond acceptors (Lipinski definition) is 6. The first-order valence-electron chi connectivity index (χ1n) is 9.10. The number of amides is 1. The van der Waals surface area contributed by atoms with Gasteiger partial charge in [-0.2, -0.15) is 4.98 Å². The lowest BCUT2D eigenvalue weighted by Crippen LogP contribution is -2.36. The number of rotatable bonds is 5. The van der Waals surface area contributed by atoms with Gasteiger partial charge < -0.3 is 13.9 Å². The molecule has 0 aromatic carbocycles.